The van der Waals surface area contributed by atoms with Crippen molar-refractivity contribution in [1.29, 1.82) is 0 Å². The third kappa shape index (κ3) is 5.26. The summed E-state index contributed by atoms with van der Waals surface area (Å²) in [7, 11) is 1.88. The summed E-state index contributed by atoms with van der Waals surface area (Å²) < 4.78 is 0. The second-order valence-electron chi connectivity index (χ2n) is 4.58. The minimum Gasteiger partial charge on any atom is -0.340 e. The van der Waals surface area contributed by atoms with Crippen molar-refractivity contribution in [3.05, 3.63) is 16.1 Å². The summed E-state index contributed by atoms with van der Waals surface area (Å²) in [6.45, 7) is 4.54. The third-order valence-corrected chi connectivity index (χ3v) is 3.98. The van der Waals surface area contributed by atoms with Crippen LogP contribution in [0.4, 0.5) is 0 Å². The van der Waals surface area contributed by atoms with Crippen molar-refractivity contribution in [3.63, 3.8) is 0 Å². The highest BCUT2D eigenvalue weighted by Crippen LogP contribution is 2.17. The molecular weight excluding hydrogens is 305 g/mol. The Morgan fingerprint density at radius 2 is 2.32 bits per heavy atom. The summed E-state index contributed by atoms with van der Waals surface area (Å²) in [6, 6.07) is 0. The van der Waals surface area contributed by atoms with Crippen LogP contribution in [0.2, 0.25) is 0 Å². The first-order valence-electron chi connectivity index (χ1n) is 6.04. The van der Waals surface area contributed by atoms with Gasteiger partial charge in [0.15, 0.2) is 0 Å². The maximum atomic E-state index is 12.2. The Morgan fingerprint density at radius 1 is 1.58 bits per heavy atom. The van der Waals surface area contributed by atoms with Crippen LogP contribution < -0.4 is 5.32 Å². The second kappa shape index (κ2) is 8.74. The number of halogens is 2. The van der Waals surface area contributed by atoms with Crippen LogP contribution in [0.3, 0.4) is 0 Å². The van der Waals surface area contributed by atoms with E-state index in [1.54, 1.807) is 11.3 Å². The van der Waals surface area contributed by atoms with E-state index < -0.39 is 0 Å². The lowest BCUT2D eigenvalue weighted by molar-refractivity contribution is -0.135. The Hall–Kier alpha value is -0.360. The van der Waals surface area contributed by atoms with E-state index in [1.165, 1.54) is 0 Å². The van der Waals surface area contributed by atoms with E-state index in [1.807, 2.05) is 25.1 Å². The van der Waals surface area contributed by atoms with Gasteiger partial charge in [0.25, 0.3) is 0 Å². The molecule has 1 aromatic rings. The van der Waals surface area contributed by atoms with E-state index in [0.717, 1.165) is 35.8 Å². The molecule has 0 aromatic carbocycles. The first-order valence-corrected chi connectivity index (χ1v) is 6.85. The largest absolute Gasteiger partial charge is 0.340 e. The zero-order valence-electron chi connectivity index (χ0n) is 11.2. The van der Waals surface area contributed by atoms with E-state index in [0.29, 0.717) is 6.54 Å². The van der Waals surface area contributed by atoms with Crippen LogP contribution in [-0.4, -0.2) is 35.9 Å². The van der Waals surface area contributed by atoms with Crippen LogP contribution >= 0.6 is 36.2 Å². The fourth-order valence-corrected chi connectivity index (χ4v) is 3.01. The molecule has 1 aliphatic rings. The molecule has 19 heavy (non-hydrogen) atoms. The number of piperidine rings is 1. The van der Waals surface area contributed by atoms with Crippen LogP contribution in [0.1, 0.15) is 22.7 Å². The van der Waals surface area contributed by atoms with Gasteiger partial charge in [-0.1, -0.05) is 0 Å². The van der Waals surface area contributed by atoms with Crippen LogP contribution in [0, 0.1) is 12.8 Å². The number of thiazole rings is 1. The number of nitrogens with zero attached hydrogens (tertiary/aromatic N) is 2. The van der Waals surface area contributed by atoms with E-state index in [4.69, 9.17) is 0 Å². The number of aromatic nitrogens is 1. The van der Waals surface area contributed by atoms with Crippen LogP contribution in [0.15, 0.2) is 6.20 Å². The topological polar surface area (TPSA) is 45.2 Å². The fraction of sp³-hybridized carbons (Fsp3) is 0.667. The molecule has 1 atom stereocenters. The Balaban J connectivity index is 0.00000162. The smallest absolute Gasteiger partial charge is 0.227 e. The van der Waals surface area contributed by atoms with Gasteiger partial charge in [-0.2, -0.15) is 0 Å². The predicted molar refractivity (Wildman–Crippen MR) is 83.4 cm³/mol. The van der Waals surface area contributed by atoms with E-state index in [-0.39, 0.29) is 36.6 Å². The SMILES string of the molecule is Cc1ncc(CN(C)C(=O)C2CCCNC2)s1.Cl.Cl. The van der Waals surface area contributed by atoms with Crippen LogP contribution in [-0.2, 0) is 11.3 Å². The Morgan fingerprint density at radius 3 is 2.84 bits per heavy atom. The first kappa shape index (κ1) is 18.6. The zero-order valence-corrected chi connectivity index (χ0v) is 13.7. The standard InChI is InChI=1S/C12H19N3OS.2ClH/c1-9-14-7-11(17-9)8-15(2)12(16)10-4-3-5-13-6-10;;/h7,10,13H,3-6,8H2,1-2H3;2*1H. The summed E-state index contributed by atoms with van der Waals surface area (Å²) >= 11 is 1.66. The molecule has 7 heteroatoms. The molecule has 0 bridgehead atoms. The highest BCUT2D eigenvalue weighted by molar-refractivity contribution is 7.11. The van der Waals surface area contributed by atoms with Crippen molar-refractivity contribution < 1.29 is 4.79 Å². The number of hydrogen-bond donors (Lipinski definition) is 1. The number of aryl methyl sites for hydroxylation is 1. The molecule has 1 fully saturated rings. The molecule has 1 saturated heterocycles. The molecule has 1 N–H and O–H groups in total. The van der Waals surface area contributed by atoms with Gasteiger partial charge >= 0.3 is 0 Å². The number of hydrogen-bond acceptors (Lipinski definition) is 4. The average molecular weight is 326 g/mol. The van der Waals surface area contributed by atoms with Gasteiger partial charge in [-0.3, -0.25) is 4.79 Å². The van der Waals surface area contributed by atoms with Crippen LogP contribution in [0.25, 0.3) is 0 Å². The summed E-state index contributed by atoms with van der Waals surface area (Å²) in [6.07, 6.45) is 3.98. The monoisotopic (exact) mass is 325 g/mol. The fourth-order valence-electron chi connectivity index (χ4n) is 2.16. The average Bonchev–Trinajstić information content (AvgIpc) is 2.75. The van der Waals surface area contributed by atoms with Gasteiger partial charge in [-0.05, 0) is 26.3 Å². The molecule has 0 aliphatic carbocycles. The summed E-state index contributed by atoms with van der Waals surface area (Å²) in [5.74, 6) is 0.408. The van der Waals surface area contributed by atoms with Crippen molar-refractivity contribution in [2.75, 3.05) is 20.1 Å². The lowest BCUT2D eigenvalue weighted by Crippen LogP contribution is -2.41. The normalized spacial score (nSPS) is 18.1. The third-order valence-electron chi connectivity index (χ3n) is 3.08. The Kier molecular flexibility index (Phi) is 8.57. The minimum atomic E-state index is 0. The molecule has 1 aromatic heterocycles. The maximum absolute atomic E-state index is 12.2. The molecule has 1 unspecified atom stereocenters. The van der Waals surface area contributed by atoms with Crippen molar-refractivity contribution in [2.24, 2.45) is 5.92 Å². The van der Waals surface area contributed by atoms with Crippen molar-refractivity contribution in [3.8, 4) is 0 Å². The Bertz CT molecular complexity index is 394. The van der Waals surface area contributed by atoms with Gasteiger partial charge in [-0.25, -0.2) is 4.98 Å². The quantitative estimate of drug-likeness (QED) is 0.927. The van der Waals surface area contributed by atoms with E-state index in [9.17, 15) is 4.79 Å². The predicted octanol–water partition coefficient (Wildman–Crippen LogP) is 2.25. The zero-order chi connectivity index (χ0) is 12.3. The summed E-state index contributed by atoms with van der Waals surface area (Å²) in [5.41, 5.74) is 0. The molecular formula is C12H21Cl2N3OS. The minimum absolute atomic E-state index is 0. The van der Waals surface area contributed by atoms with Gasteiger partial charge in [0.2, 0.25) is 5.91 Å². The highest BCUT2D eigenvalue weighted by Gasteiger charge is 2.24. The van der Waals surface area contributed by atoms with Crippen molar-refractivity contribution in [1.82, 2.24) is 15.2 Å². The van der Waals surface area contributed by atoms with E-state index in [2.05, 4.69) is 10.3 Å². The van der Waals surface area contributed by atoms with Gasteiger partial charge in [0.05, 0.1) is 17.5 Å². The van der Waals surface area contributed by atoms with Gasteiger partial charge in [0, 0.05) is 24.7 Å². The molecule has 1 aliphatic heterocycles. The number of carbonyl (C=O) groups is 1. The van der Waals surface area contributed by atoms with E-state index >= 15 is 0 Å². The second-order valence-corrected chi connectivity index (χ2v) is 5.90. The number of amides is 1. The van der Waals surface area contributed by atoms with Gasteiger partial charge in [-0.15, -0.1) is 36.2 Å². The summed E-state index contributed by atoms with van der Waals surface area (Å²) in [5, 5.41) is 4.34. The molecule has 2 heterocycles. The molecule has 0 saturated carbocycles. The van der Waals surface area contributed by atoms with Crippen LogP contribution in [0.5, 0.6) is 0 Å². The molecule has 4 nitrogen and oxygen atoms in total. The number of rotatable bonds is 3. The number of nitrogens with one attached hydrogen (secondary N) is 1. The molecule has 0 radical (unpaired) electrons. The lowest BCUT2D eigenvalue weighted by atomic mass is 9.98. The Labute approximate surface area is 130 Å². The molecule has 2 rings (SSSR count). The number of carbonyl (C=O) groups excluding carboxylic acids is 1. The van der Waals surface area contributed by atoms with Crippen molar-refractivity contribution in [2.45, 2.75) is 26.3 Å². The molecule has 0 spiro atoms. The van der Waals surface area contributed by atoms with Crippen molar-refractivity contribution >= 4 is 42.1 Å². The lowest BCUT2D eigenvalue weighted by Gasteiger charge is -2.26. The highest BCUT2D eigenvalue weighted by atomic mass is 35.5. The van der Waals surface area contributed by atoms with Gasteiger partial charge < -0.3 is 10.2 Å². The van der Waals surface area contributed by atoms with Gasteiger partial charge in [0.1, 0.15) is 0 Å². The summed E-state index contributed by atoms with van der Waals surface area (Å²) in [4.78, 5) is 19.4. The maximum Gasteiger partial charge on any atom is 0.227 e. The first-order chi connectivity index (χ1) is 8.16. The molecule has 110 valence electrons. The molecule has 1 amide bonds.